The minimum atomic E-state index is -1.54. The van der Waals surface area contributed by atoms with Gasteiger partial charge in [-0.2, -0.15) is 0 Å². The number of carbonyl (C=O) groups is 3. The quantitative estimate of drug-likeness (QED) is 0.383. The van der Waals surface area contributed by atoms with Gasteiger partial charge in [-0.05, 0) is 22.8 Å². The second-order valence-corrected chi connectivity index (χ2v) is 8.09. The van der Waals surface area contributed by atoms with Crippen molar-refractivity contribution in [2.24, 2.45) is 0 Å². The highest BCUT2D eigenvalue weighted by Crippen LogP contribution is 2.34. The van der Waals surface area contributed by atoms with Crippen molar-refractivity contribution >= 4 is 64.4 Å². The van der Waals surface area contributed by atoms with Crippen LogP contribution in [-0.4, -0.2) is 43.3 Å². The van der Waals surface area contributed by atoms with Gasteiger partial charge in [0.2, 0.25) is 0 Å². The molecule has 152 valence electrons. The van der Waals surface area contributed by atoms with E-state index in [0.29, 0.717) is 0 Å². The molecular formula is C22H17NO5S2. The number of carboxylic acids is 2. The Morgan fingerprint density at radius 2 is 1.53 bits per heavy atom. The van der Waals surface area contributed by atoms with E-state index in [1.54, 1.807) is 6.08 Å². The largest absolute Gasteiger partial charge is 0.481 e. The van der Waals surface area contributed by atoms with E-state index in [2.05, 4.69) is 0 Å². The van der Waals surface area contributed by atoms with Crippen LogP contribution in [-0.2, 0) is 14.4 Å². The molecule has 1 amide bonds. The molecule has 0 bridgehead atoms. The number of carboxylic acid groups (broad SMARTS) is 2. The predicted molar refractivity (Wildman–Crippen MR) is 121 cm³/mol. The Balaban J connectivity index is 1.76. The van der Waals surface area contributed by atoms with E-state index in [-0.39, 0.29) is 9.23 Å². The minimum Gasteiger partial charge on any atom is -0.481 e. The highest BCUT2D eigenvalue weighted by molar-refractivity contribution is 8.26. The molecule has 1 aliphatic rings. The smallest absolute Gasteiger partial charge is 0.327 e. The van der Waals surface area contributed by atoms with Crippen molar-refractivity contribution < 1.29 is 24.6 Å². The fraction of sp³-hybridized carbons (Fsp3) is 0.0909. The van der Waals surface area contributed by atoms with E-state index in [4.69, 9.17) is 17.3 Å². The van der Waals surface area contributed by atoms with Gasteiger partial charge in [-0.1, -0.05) is 90.7 Å². The maximum atomic E-state index is 12.7. The van der Waals surface area contributed by atoms with Gasteiger partial charge >= 0.3 is 11.9 Å². The molecule has 0 saturated carbocycles. The zero-order valence-corrected chi connectivity index (χ0v) is 17.2. The lowest BCUT2D eigenvalue weighted by Gasteiger charge is -2.21. The molecule has 0 aromatic heterocycles. The normalized spacial score (nSPS) is 16.4. The lowest BCUT2D eigenvalue weighted by molar-refractivity contribution is -0.150. The van der Waals surface area contributed by atoms with Crippen molar-refractivity contribution in [2.75, 3.05) is 0 Å². The Hall–Kier alpha value is -3.23. The first kappa shape index (κ1) is 21.5. The second kappa shape index (κ2) is 9.51. The molecule has 1 unspecified atom stereocenters. The number of thioether (sulfide) groups is 1. The number of hydrogen-bond acceptors (Lipinski definition) is 5. The molecule has 30 heavy (non-hydrogen) atoms. The molecule has 1 saturated heterocycles. The number of aliphatic carboxylic acids is 2. The molecule has 2 aromatic rings. The standard InChI is InChI=1S/C22H17NO5S2/c24-19(25)13-17(21(27)28)23-20(26)18(30-22(23)29)12-16-10-8-15(9-11-16)7-6-14-4-2-1-3-5-14/h1-12,17H,13H2,(H,24,25)(H,27,28). The van der Waals surface area contributed by atoms with Crippen molar-refractivity contribution in [3.63, 3.8) is 0 Å². The van der Waals surface area contributed by atoms with Gasteiger partial charge in [0.25, 0.3) is 5.91 Å². The molecular weight excluding hydrogens is 422 g/mol. The summed E-state index contributed by atoms with van der Waals surface area (Å²) in [5.74, 6) is -3.34. The summed E-state index contributed by atoms with van der Waals surface area (Å²) < 4.78 is 0.0299. The van der Waals surface area contributed by atoms with Crippen LogP contribution in [0, 0.1) is 0 Å². The topological polar surface area (TPSA) is 94.9 Å². The fourth-order valence-electron chi connectivity index (χ4n) is 2.81. The lowest BCUT2D eigenvalue weighted by atomic mass is 10.1. The van der Waals surface area contributed by atoms with Gasteiger partial charge in [0, 0.05) is 0 Å². The molecule has 0 radical (unpaired) electrons. The molecule has 0 spiro atoms. The third-order valence-corrected chi connectivity index (χ3v) is 5.62. The van der Waals surface area contributed by atoms with E-state index >= 15 is 0 Å². The number of hydrogen-bond donors (Lipinski definition) is 2. The van der Waals surface area contributed by atoms with Gasteiger partial charge < -0.3 is 10.2 Å². The van der Waals surface area contributed by atoms with Crippen LogP contribution in [0.1, 0.15) is 23.1 Å². The first-order chi connectivity index (χ1) is 14.3. The summed E-state index contributed by atoms with van der Waals surface area (Å²) in [4.78, 5) is 36.2. The summed E-state index contributed by atoms with van der Waals surface area (Å²) in [6.45, 7) is 0. The molecule has 1 fully saturated rings. The Labute approximate surface area is 182 Å². The number of thiocarbonyl (C=S) groups is 1. The van der Waals surface area contributed by atoms with E-state index in [9.17, 15) is 19.5 Å². The number of benzene rings is 2. The van der Waals surface area contributed by atoms with Gasteiger partial charge in [-0.25, -0.2) is 4.79 Å². The van der Waals surface area contributed by atoms with Crippen LogP contribution in [0.3, 0.4) is 0 Å². The average molecular weight is 440 g/mol. The van der Waals surface area contributed by atoms with Crippen LogP contribution in [0.2, 0.25) is 0 Å². The van der Waals surface area contributed by atoms with Crippen molar-refractivity contribution in [1.82, 2.24) is 4.90 Å². The van der Waals surface area contributed by atoms with E-state index < -0.39 is 30.3 Å². The highest BCUT2D eigenvalue weighted by Gasteiger charge is 2.41. The van der Waals surface area contributed by atoms with Crippen LogP contribution in [0.4, 0.5) is 0 Å². The van der Waals surface area contributed by atoms with Gasteiger partial charge in [-0.15, -0.1) is 0 Å². The molecule has 0 aliphatic carbocycles. The van der Waals surface area contributed by atoms with Crippen molar-refractivity contribution in [2.45, 2.75) is 12.5 Å². The number of rotatable bonds is 7. The highest BCUT2D eigenvalue weighted by atomic mass is 32.2. The van der Waals surface area contributed by atoms with Crippen LogP contribution in [0.15, 0.2) is 59.5 Å². The molecule has 6 nitrogen and oxygen atoms in total. The number of nitrogens with zero attached hydrogens (tertiary/aromatic N) is 1. The van der Waals surface area contributed by atoms with E-state index in [0.717, 1.165) is 33.4 Å². The first-order valence-corrected chi connectivity index (χ1v) is 10.1. The van der Waals surface area contributed by atoms with Crippen LogP contribution in [0.5, 0.6) is 0 Å². The number of carbonyl (C=O) groups excluding carboxylic acids is 1. The van der Waals surface area contributed by atoms with Crippen LogP contribution >= 0.6 is 24.0 Å². The van der Waals surface area contributed by atoms with Gasteiger partial charge in [0.1, 0.15) is 10.4 Å². The van der Waals surface area contributed by atoms with Crippen molar-refractivity contribution in [3.8, 4) is 0 Å². The van der Waals surface area contributed by atoms with E-state index in [1.807, 2.05) is 66.7 Å². The Bertz CT molecular complexity index is 1040. The van der Waals surface area contributed by atoms with E-state index in [1.165, 1.54) is 0 Å². The molecule has 3 rings (SSSR count). The minimum absolute atomic E-state index is 0.0299. The fourth-order valence-corrected chi connectivity index (χ4v) is 4.17. The first-order valence-electron chi connectivity index (χ1n) is 8.90. The summed E-state index contributed by atoms with van der Waals surface area (Å²) in [7, 11) is 0. The average Bonchev–Trinajstić information content (AvgIpc) is 2.99. The maximum Gasteiger partial charge on any atom is 0.327 e. The predicted octanol–water partition coefficient (Wildman–Crippen LogP) is 3.99. The molecule has 1 aliphatic heterocycles. The van der Waals surface area contributed by atoms with Crippen LogP contribution < -0.4 is 0 Å². The zero-order valence-electron chi connectivity index (χ0n) is 15.6. The Morgan fingerprint density at radius 1 is 0.967 bits per heavy atom. The van der Waals surface area contributed by atoms with Gasteiger partial charge in [0.15, 0.2) is 0 Å². The Morgan fingerprint density at radius 3 is 2.10 bits per heavy atom. The summed E-state index contributed by atoms with van der Waals surface area (Å²) in [5, 5.41) is 18.2. The zero-order chi connectivity index (χ0) is 21.7. The molecule has 1 atom stereocenters. The molecule has 2 aromatic carbocycles. The lowest BCUT2D eigenvalue weighted by Crippen LogP contribution is -2.45. The summed E-state index contributed by atoms with van der Waals surface area (Å²) >= 11 is 6.08. The summed E-state index contributed by atoms with van der Waals surface area (Å²) in [6, 6.07) is 15.8. The number of amides is 1. The van der Waals surface area contributed by atoms with Gasteiger partial charge in [0.05, 0.1) is 11.3 Å². The molecule has 2 N–H and O–H groups in total. The third-order valence-electron chi connectivity index (χ3n) is 4.29. The molecule has 1 heterocycles. The second-order valence-electron chi connectivity index (χ2n) is 6.41. The Kier molecular flexibility index (Phi) is 6.81. The SMILES string of the molecule is O=C(O)CC(C(=O)O)N1C(=O)C(=Cc2ccc(C=Cc3ccccc3)cc2)SC1=S. The van der Waals surface area contributed by atoms with Crippen molar-refractivity contribution in [1.29, 1.82) is 0 Å². The maximum absolute atomic E-state index is 12.7. The van der Waals surface area contributed by atoms with Crippen LogP contribution in [0.25, 0.3) is 18.2 Å². The monoisotopic (exact) mass is 439 g/mol. The third kappa shape index (κ3) is 5.22. The van der Waals surface area contributed by atoms with Gasteiger partial charge in [-0.3, -0.25) is 14.5 Å². The summed E-state index contributed by atoms with van der Waals surface area (Å²) in [6.07, 6.45) is 4.86. The van der Waals surface area contributed by atoms with Crippen molar-refractivity contribution in [3.05, 3.63) is 76.2 Å². The molecule has 8 heteroatoms. The summed E-state index contributed by atoms with van der Waals surface area (Å²) in [5.41, 5.74) is 2.81.